The van der Waals surface area contributed by atoms with Crippen molar-refractivity contribution in [3.63, 3.8) is 0 Å². The molecule has 0 aliphatic carbocycles. The highest BCUT2D eigenvalue weighted by atomic mass is 16.6. The van der Waals surface area contributed by atoms with Crippen molar-refractivity contribution in [2.45, 2.75) is 45.3 Å². The van der Waals surface area contributed by atoms with Crippen LogP contribution in [-0.2, 0) is 11.2 Å². The molecule has 1 aromatic carbocycles. The summed E-state index contributed by atoms with van der Waals surface area (Å²) in [6.07, 6.45) is 2.15. The van der Waals surface area contributed by atoms with Crippen LogP contribution in [0, 0.1) is 5.92 Å². The van der Waals surface area contributed by atoms with Gasteiger partial charge in [-0.15, -0.1) is 0 Å². The topological polar surface area (TPSA) is 60.4 Å². The summed E-state index contributed by atoms with van der Waals surface area (Å²) in [5.41, 5.74) is 0.963. The number of benzene rings is 1. The monoisotopic (exact) mass is 427 g/mol. The molecule has 1 N–H and O–H groups in total. The van der Waals surface area contributed by atoms with Gasteiger partial charge in [0.25, 0.3) is 0 Å². The van der Waals surface area contributed by atoms with E-state index in [-0.39, 0.29) is 12.1 Å². The number of ether oxygens (including phenoxy) is 1. The Balaban J connectivity index is 1.18. The van der Waals surface area contributed by atoms with Gasteiger partial charge >= 0.3 is 6.09 Å². The molecule has 0 aromatic heterocycles. The van der Waals surface area contributed by atoms with E-state index in [9.17, 15) is 4.79 Å². The number of nitrogens with zero attached hydrogens (tertiary/aromatic N) is 4. The first-order chi connectivity index (χ1) is 14.9. The number of aliphatic imine (C=N–C) groups is 1. The molecule has 3 heterocycles. The highest BCUT2D eigenvalue weighted by Gasteiger charge is 2.36. The molecule has 2 fully saturated rings. The lowest BCUT2D eigenvalue weighted by atomic mass is 10.1. The van der Waals surface area contributed by atoms with Gasteiger partial charge in [0.1, 0.15) is 5.60 Å². The highest BCUT2D eigenvalue weighted by molar-refractivity contribution is 5.82. The van der Waals surface area contributed by atoms with Crippen molar-refractivity contribution in [2.75, 3.05) is 52.4 Å². The summed E-state index contributed by atoms with van der Waals surface area (Å²) in [5.74, 6) is 1.68. The maximum atomic E-state index is 12.4. The lowest BCUT2D eigenvalue weighted by Gasteiger charge is -2.39. The van der Waals surface area contributed by atoms with Gasteiger partial charge in [0.15, 0.2) is 5.96 Å². The van der Waals surface area contributed by atoms with Crippen LogP contribution < -0.4 is 5.32 Å². The Kier molecular flexibility index (Phi) is 6.70. The number of hydrogen-bond acceptors (Lipinski definition) is 6. The summed E-state index contributed by atoms with van der Waals surface area (Å²) in [6.45, 7) is 13.1. The second-order valence-electron chi connectivity index (χ2n) is 10.0. The molecule has 1 aromatic rings. The second kappa shape index (κ2) is 9.47. The molecule has 4 rings (SSSR count). The Morgan fingerprint density at radius 2 is 1.97 bits per heavy atom. The summed E-state index contributed by atoms with van der Waals surface area (Å²) in [5, 5.41) is 3.61. The number of nitrogens with one attached hydrogen (secondary N) is 1. The first-order valence-electron chi connectivity index (χ1n) is 11.7. The van der Waals surface area contributed by atoms with Crippen LogP contribution in [0.25, 0.3) is 0 Å². The Hall–Kier alpha value is -2.28. The zero-order valence-corrected chi connectivity index (χ0v) is 19.2. The minimum Gasteiger partial charge on any atom is -0.444 e. The van der Waals surface area contributed by atoms with Gasteiger partial charge in [-0.25, -0.2) is 4.79 Å². The fourth-order valence-corrected chi connectivity index (χ4v) is 4.67. The molecule has 0 saturated carbocycles. The number of likely N-dealkylation sites (tertiary alicyclic amines) is 1. The van der Waals surface area contributed by atoms with E-state index >= 15 is 0 Å². The van der Waals surface area contributed by atoms with Gasteiger partial charge in [0, 0.05) is 39.3 Å². The van der Waals surface area contributed by atoms with Gasteiger partial charge < -0.3 is 24.8 Å². The third-order valence-corrected chi connectivity index (χ3v) is 6.34. The summed E-state index contributed by atoms with van der Waals surface area (Å²) < 4.78 is 5.54. The lowest BCUT2D eigenvalue weighted by Crippen LogP contribution is -2.57. The van der Waals surface area contributed by atoms with E-state index in [1.54, 1.807) is 0 Å². The standard InChI is InChI=1S/C24H37N5O2/c1-24(2,3)31-23(30)28-13-14-29-21(18-28)16-26-22(29)25-15-20-10-12-27(17-20)11-9-19-7-5-4-6-8-19/h4-8,20-21H,9-18H2,1-3H3,(H,25,26). The van der Waals surface area contributed by atoms with E-state index < -0.39 is 5.60 Å². The Bertz CT molecular complexity index is 776. The van der Waals surface area contributed by atoms with Gasteiger partial charge in [-0.05, 0) is 51.6 Å². The normalized spacial score (nSPS) is 24.2. The molecule has 31 heavy (non-hydrogen) atoms. The maximum absolute atomic E-state index is 12.4. The van der Waals surface area contributed by atoms with E-state index in [2.05, 4.69) is 45.4 Å². The number of fused-ring (bicyclic) bond motifs is 1. The minimum absolute atomic E-state index is 0.213. The van der Waals surface area contributed by atoms with Crippen LogP contribution >= 0.6 is 0 Å². The fourth-order valence-electron chi connectivity index (χ4n) is 4.67. The minimum atomic E-state index is -0.455. The summed E-state index contributed by atoms with van der Waals surface area (Å²) >= 11 is 0. The lowest BCUT2D eigenvalue weighted by molar-refractivity contribution is 0.0137. The van der Waals surface area contributed by atoms with Gasteiger partial charge in [-0.2, -0.15) is 0 Å². The predicted molar refractivity (Wildman–Crippen MR) is 123 cm³/mol. The molecular formula is C24H37N5O2. The number of piperazine rings is 1. The first-order valence-corrected chi connectivity index (χ1v) is 11.7. The average Bonchev–Trinajstić information content (AvgIpc) is 3.36. The molecule has 0 bridgehead atoms. The number of guanidine groups is 1. The maximum Gasteiger partial charge on any atom is 0.410 e. The van der Waals surface area contributed by atoms with Crippen molar-refractivity contribution in [2.24, 2.45) is 10.9 Å². The van der Waals surface area contributed by atoms with E-state index in [1.165, 1.54) is 18.5 Å². The third kappa shape index (κ3) is 5.91. The zero-order valence-electron chi connectivity index (χ0n) is 19.2. The molecule has 2 unspecified atom stereocenters. The van der Waals surface area contributed by atoms with Crippen molar-refractivity contribution in [1.29, 1.82) is 0 Å². The Morgan fingerprint density at radius 1 is 1.16 bits per heavy atom. The van der Waals surface area contributed by atoms with Crippen molar-refractivity contribution in [1.82, 2.24) is 20.0 Å². The van der Waals surface area contributed by atoms with Crippen molar-refractivity contribution in [3.05, 3.63) is 35.9 Å². The molecule has 2 atom stereocenters. The fraction of sp³-hybridized carbons (Fsp3) is 0.667. The molecular weight excluding hydrogens is 390 g/mol. The number of carbonyl (C=O) groups excluding carboxylic acids is 1. The molecule has 0 radical (unpaired) electrons. The van der Waals surface area contributed by atoms with Crippen LogP contribution in [0.15, 0.2) is 35.3 Å². The van der Waals surface area contributed by atoms with Crippen molar-refractivity contribution < 1.29 is 9.53 Å². The largest absolute Gasteiger partial charge is 0.444 e. The first kappa shape index (κ1) is 21.9. The quantitative estimate of drug-likeness (QED) is 0.782. The van der Waals surface area contributed by atoms with Crippen molar-refractivity contribution >= 4 is 12.1 Å². The molecule has 0 spiro atoms. The van der Waals surface area contributed by atoms with Crippen LogP contribution in [-0.4, -0.2) is 90.8 Å². The van der Waals surface area contributed by atoms with Crippen LogP contribution in [0.1, 0.15) is 32.8 Å². The van der Waals surface area contributed by atoms with Crippen LogP contribution in [0.4, 0.5) is 4.79 Å². The van der Waals surface area contributed by atoms with Crippen LogP contribution in [0.3, 0.4) is 0 Å². The predicted octanol–water partition coefficient (Wildman–Crippen LogP) is 2.43. The third-order valence-electron chi connectivity index (χ3n) is 6.34. The Labute approximate surface area is 186 Å². The molecule has 2 saturated heterocycles. The van der Waals surface area contributed by atoms with E-state index in [0.717, 1.165) is 45.1 Å². The second-order valence-corrected chi connectivity index (χ2v) is 10.0. The average molecular weight is 428 g/mol. The Morgan fingerprint density at radius 3 is 2.74 bits per heavy atom. The number of rotatable bonds is 5. The van der Waals surface area contributed by atoms with Gasteiger partial charge in [0.2, 0.25) is 0 Å². The number of hydrogen-bond donors (Lipinski definition) is 1. The number of carbonyl (C=O) groups is 1. The SMILES string of the molecule is CC(C)(C)OC(=O)N1CCN2C(NCC3CCN(CCc4ccccc4)C3)=NCC2C1. The molecule has 3 aliphatic heterocycles. The van der Waals surface area contributed by atoms with Gasteiger partial charge in [-0.1, -0.05) is 30.3 Å². The zero-order chi connectivity index (χ0) is 21.8. The smallest absolute Gasteiger partial charge is 0.410 e. The molecule has 1 amide bonds. The van der Waals surface area contributed by atoms with Gasteiger partial charge in [-0.3, -0.25) is 4.99 Å². The van der Waals surface area contributed by atoms with Crippen molar-refractivity contribution in [3.8, 4) is 0 Å². The van der Waals surface area contributed by atoms with Crippen LogP contribution in [0.2, 0.25) is 0 Å². The highest BCUT2D eigenvalue weighted by Crippen LogP contribution is 2.20. The molecule has 7 nitrogen and oxygen atoms in total. The van der Waals surface area contributed by atoms with E-state index in [1.807, 2.05) is 25.7 Å². The van der Waals surface area contributed by atoms with Crippen LogP contribution in [0.5, 0.6) is 0 Å². The molecule has 7 heteroatoms. The molecule has 170 valence electrons. The summed E-state index contributed by atoms with van der Waals surface area (Å²) in [6, 6.07) is 11.0. The summed E-state index contributed by atoms with van der Waals surface area (Å²) in [4.78, 5) is 23.9. The van der Waals surface area contributed by atoms with Gasteiger partial charge in [0.05, 0.1) is 12.6 Å². The van der Waals surface area contributed by atoms with E-state index in [4.69, 9.17) is 9.73 Å². The van der Waals surface area contributed by atoms with E-state index in [0.29, 0.717) is 19.0 Å². The number of amides is 1. The molecule has 3 aliphatic rings. The summed E-state index contributed by atoms with van der Waals surface area (Å²) in [7, 11) is 0.